The number of aromatic nitrogens is 1. The van der Waals surface area contributed by atoms with E-state index in [0.717, 1.165) is 12.0 Å². The van der Waals surface area contributed by atoms with Gasteiger partial charge in [0.15, 0.2) is 0 Å². The van der Waals surface area contributed by atoms with Crippen LogP contribution in [0.5, 0.6) is 0 Å². The minimum Gasteiger partial charge on any atom is -0.346 e. The Morgan fingerprint density at radius 3 is 2.86 bits per heavy atom. The molecule has 0 N–H and O–H groups in total. The van der Waals surface area contributed by atoms with Crippen LogP contribution in [0.3, 0.4) is 0 Å². The lowest BCUT2D eigenvalue weighted by Crippen LogP contribution is -2.45. The summed E-state index contributed by atoms with van der Waals surface area (Å²) in [7, 11) is 1.79. The van der Waals surface area contributed by atoms with Crippen LogP contribution in [0, 0.1) is 5.92 Å². The molecular formula is C16H23N3O2. The Bertz CT molecular complexity index is 502. The molecule has 5 heteroatoms. The fourth-order valence-corrected chi connectivity index (χ4v) is 2.59. The first kappa shape index (κ1) is 15.5. The van der Waals surface area contributed by atoms with E-state index in [9.17, 15) is 9.59 Å². The lowest BCUT2D eigenvalue weighted by atomic mass is 9.94. The van der Waals surface area contributed by atoms with E-state index in [0.29, 0.717) is 19.5 Å². The Balaban J connectivity index is 2.07. The zero-order valence-electron chi connectivity index (χ0n) is 13.0. The molecule has 1 atom stereocenters. The predicted octanol–water partition coefficient (Wildman–Crippen LogP) is 1.69. The molecule has 1 aromatic rings. The highest BCUT2D eigenvalue weighted by atomic mass is 16.2. The van der Waals surface area contributed by atoms with Crippen molar-refractivity contribution < 1.29 is 9.59 Å². The molecule has 1 aromatic heterocycles. The number of amides is 2. The molecule has 0 radical (unpaired) electrons. The van der Waals surface area contributed by atoms with Gasteiger partial charge in [-0.15, -0.1) is 0 Å². The van der Waals surface area contributed by atoms with Crippen LogP contribution in [0.4, 0.5) is 0 Å². The van der Waals surface area contributed by atoms with Crippen LogP contribution >= 0.6 is 0 Å². The Hall–Kier alpha value is -1.91. The molecule has 0 bridgehead atoms. The quantitative estimate of drug-likeness (QED) is 0.847. The van der Waals surface area contributed by atoms with Crippen LogP contribution in [-0.2, 0) is 16.1 Å². The summed E-state index contributed by atoms with van der Waals surface area (Å²) in [6.45, 7) is 5.22. The first-order valence-electron chi connectivity index (χ1n) is 7.42. The lowest BCUT2D eigenvalue weighted by Gasteiger charge is -2.34. The second-order valence-corrected chi connectivity index (χ2v) is 5.93. The molecule has 0 aliphatic carbocycles. The van der Waals surface area contributed by atoms with Gasteiger partial charge >= 0.3 is 0 Å². The van der Waals surface area contributed by atoms with E-state index < -0.39 is 0 Å². The van der Waals surface area contributed by atoms with E-state index in [-0.39, 0.29) is 23.8 Å². The van der Waals surface area contributed by atoms with Gasteiger partial charge in [-0.1, -0.05) is 6.07 Å². The number of rotatable bonds is 4. The number of pyridine rings is 1. The molecule has 21 heavy (non-hydrogen) atoms. The van der Waals surface area contributed by atoms with Crippen molar-refractivity contribution in [2.45, 2.75) is 39.3 Å². The maximum atomic E-state index is 12.7. The average Bonchev–Trinajstić information content (AvgIpc) is 2.47. The summed E-state index contributed by atoms with van der Waals surface area (Å²) >= 11 is 0. The molecule has 1 fully saturated rings. The topological polar surface area (TPSA) is 53.5 Å². The summed E-state index contributed by atoms with van der Waals surface area (Å²) in [5.74, 6) is -0.0484. The third kappa shape index (κ3) is 3.80. The van der Waals surface area contributed by atoms with Crippen molar-refractivity contribution in [2.75, 3.05) is 13.6 Å². The number of carbonyl (C=O) groups is 2. The third-order valence-electron chi connectivity index (χ3n) is 3.99. The van der Waals surface area contributed by atoms with Crippen molar-refractivity contribution in [3.8, 4) is 0 Å². The molecule has 2 heterocycles. The van der Waals surface area contributed by atoms with Crippen LogP contribution < -0.4 is 0 Å². The molecule has 0 saturated carbocycles. The highest BCUT2D eigenvalue weighted by Crippen LogP contribution is 2.22. The molecule has 1 unspecified atom stereocenters. The highest BCUT2D eigenvalue weighted by molar-refractivity contribution is 5.87. The Morgan fingerprint density at radius 2 is 2.29 bits per heavy atom. The molecule has 2 rings (SSSR count). The number of likely N-dealkylation sites (tertiary alicyclic amines) is 1. The highest BCUT2D eigenvalue weighted by Gasteiger charge is 2.32. The Kier molecular flexibility index (Phi) is 4.94. The van der Waals surface area contributed by atoms with Gasteiger partial charge in [-0.25, -0.2) is 0 Å². The van der Waals surface area contributed by atoms with Gasteiger partial charge in [-0.3, -0.25) is 14.6 Å². The minimum atomic E-state index is -0.187. The summed E-state index contributed by atoms with van der Waals surface area (Å²) in [6, 6.07) is 3.94. The van der Waals surface area contributed by atoms with Gasteiger partial charge < -0.3 is 9.80 Å². The second-order valence-electron chi connectivity index (χ2n) is 5.93. The minimum absolute atomic E-state index is 0.0599. The van der Waals surface area contributed by atoms with E-state index >= 15 is 0 Å². The molecule has 2 amide bonds. The summed E-state index contributed by atoms with van der Waals surface area (Å²) in [4.78, 5) is 32.2. The zero-order valence-corrected chi connectivity index (χ0v) is 13.0. The van der Waals surface area contributed by atoms with E-state index in [2.05, 4.69) is 4.98 Å². The molecule has 1 saturated heterocycles. The van der Waals surface area contributed by atoms with Crippen LogP contribution in [0.2, 0.25) is 0 Å². The molecule has 1 aliphatic rings. The smallest absolute Gasteiger partial charge is 0.226 e. The molecular weight excluding hydrogens is 266 g/mol. The maximum Gasteiger partial charge on any atom is 0.226 e. The fourth-order valence-electron chi connectivity index (χ4n) is 2.59. The van der Waals surface area contributed by atoms with E-state index in [1.54, 1.807) is 24.3 Å². The summed E-state index contributed by atoms with van der Waals surface area (Å²) in [5.41, 5.74) is 1.01. The van der Waals surface area contributed by atoms with Crippen molar-refractivity contribution in [3.63, 3.8) is 0 Å². The summed E-state index contributed by atoms with van der Waals surface area (Å²) in [6.07, 6.45) is 4.58. The van der Waals surface area contributed by atoms with Crippen molar-refractivity contribution in [2.24, 2.45) is 5.92 Å². The fraction of sp³-hybridized carbons (Fsp3) is 0.562. The number of hydrogen-bond donors (Lipinski definition) is 0. The average molecular weight is 289 g/mol. The Labute approximate surface area is 126 Å². The molecule has 0 spiro atoms. The van der Waals surface area contributed by atoms with Gasteiger partial charge in [-0.2, -0.15) is 0 Å². The third-order valence-corrected chi connectivity index (χ3v) is 3.99. The lowest BCUT2D eigenvalue weighted by molar-refractivity contribution is -0.146. The van der Waals surface area contributed by atoms with Gasteiger partial charge in [0.05, 0.1) is 0 Å². The van der Waals surface area contributed by atoms with Gasteiger partial charge in [0.2, 0.25) is 11.8 Å². The standard InChI is InChI=1S/C16H23N3O2/c1-12(2)19(11-13-5-4-7-17-10-13)16(21)14-6-8-18(3)15(20)9-14/h4-5,7,10,12,14H,6,8-9,11H2,1-3H3. The van der Waals surface area contributed by atoms with Crippen molar-refractivity contribution >= 4 is 11.8 Å². The van der Waals surface area contributed by atoms with Crippen molar-refractivity contribution in [1.29, 1.82) is 0 Å². The number of nitrogens with zero attached hydrogens (tertiary/aromatic N) is 3. The largest absolute Gasteiger partial charge is 0.346 e. The van der Waals surface area contributed by atoms with Crippen LogP contribution in [0.25, 0.3) is 0 Å². The molecule has 1 aliphatic heterocycles. The maximum absolute atomic E-state index is 12.7. The summed E-state index contributed by atoms with van der Waals surface area (Å²) in [5, 5.41) is 0. The van der Waals surface area contributed by atoms with Crippen molar-refractivity contribution in [1.82, 2.24) is 14.8 Å². The summed E-state index contributed by atoms with van der Waals surface area (Å²) < 4.78 is 0. The SMILES string of the molecule is CC(C)N(Cc1cccnc1)C(=O)C1CCN(C)C(=O)C1. The van der Waals surface area contributed by atoms with Gasteiger partial charge in [0.25, 0.3) is 0 Å². The van der Waals surface area contributed by atoms with E-state index in [1.165, 1.54) is 0 Å². The van der Waals surface area contributed by atoms with Crippen LogP contribution in [-0.4, -0.2) is 46.2 Å². The van der Waals surface area contributed by atoms with Gasteiger partial charge in [0.1, 0.15) is 0 Å². The first-order valence-corrected chi connectivity index (χ1v) is 7.42. The van der Waals surface area contributed by atoms with Gasteiger partial charge in [-0.05, 0) is 31.9 Å². The monoisotopic (exact) mass is 289 g/mol. The molecule has 0 aromatic carbocycles. The van der Waals surface area contributed by atoms with Crippen molar-refractivity contribution in [3.05, 3.63) is 30.1 Å². The molecule has 114 valence electrons. The van der Waals surface area contributed by atoms with Crippen LogP contribution in [0.1, 0.15) is 32.3 Å². The first-order chi connectivity index (χ1) is 9.99. The van der Waals surface area contributed by atoms with Crippen LogP contribution in [0.15, 0.2) is 24.5 Å². The number of piperidine rings is 1. The van der Waals surface area contributed by atoms with Gasteiger partial charge in [0, 0.05) is 50.9 Å². The number of carbonyl (C=O) groups excluding carboxylic acids is 2. The molecule has 5 nitrogen and oxygen atoms in total. The van der Waals surface area contributed by atoms with E-state index in [4.69, 9.17) is 0 Å². The Morgan fingerprint density at radius 1 is 1.52 bits per heavy atom. The second kappa shape index (κ2) is 6.70. The van der Waals surface area contributed by atoms with E-state index in [1.807, 2.05) is 30.9 Å². The normalized spacial score (nSPS) is 19.0. The predicted molar refractivity (Wildman–Crippen MR) is 80.3 cm³/mol. The number of hydrogen-bond acceptors (Lipinski definition) is 3. The zero-order chi connectivity index (χ0) is 15.4.